The second-order valence-electron chi connectivity index (χ2n) is 6.55. The summed E-state index contributed by atoms with van der Waals surface area (Å²) in [5.74, 6) is -3.18. The van der Waals surface area contributed by atoms with Crippen LogP contribution in [0.3, 0.4) is 0 Å². The number of rotatable bonds is 3. The van der Waals surface area contributed by atoms with Crippen molar-refractivity contribution >= 4 is 11.9 Å². The lowest BCUT2D eigenvalue weighted by Crippen LogP contribution is -2.41. The maximum absolute atomic E-state index is 13.2. The summed E-state index contributed by atoms with van der Waals surface area (Å²) in [7, 11) is 1.87. The molecule has 23 heavy (non-hydrogen) atoms. The molecule has 2 fully saturated rings. The number of carboxylic acid groups (broad SMARTS) is 1. The highest BCUT2D eigenvalue weighted by Crippen LogP contribution is 2.42. The van der Waals surface area contributed by atoms with Gasteiger partial charge in [-0.25, -0.2) is 8.78 Å². The molecule has 5 nitrogen and oxygen atoms in total. The van der Waals surface area contributed by atoms with Crippen molar-refractivity contribution < 1.29 is 23.5 Å². The van der Waals surface area contributed by atoms with Gasteiger partial charge in [-0.05, 0) is 24.7 Å². The van der Waals surface area contributed by atoms with Gasteiger partial charge in [-0.1, -0.05) is 6.07 Å². The van der Waals surface area contributed by atoms with E-state index in [1.807, 2.05) is 11.9 Å². The molecule has 1 aromatic rings. The minimum absolute atomic E-state index is 0.0601. The second kappa shape index (κ2) is 5.56. The first kappa shape index (κ1) is 15.9. The molecule has 0 aromatic heterocycles. The van der Waals surface area contributed by atoms with Crippen LogP contribution in [0.5, 0.6) is 0 Å². The van der Waals surface area contributed by atoms with Gasteiger partial charge in [-0.15, -0.1) is 0 Å². The van der Waals surface area contributed by atoms with Gasteiger partial charge in [-0.2, -0.15) is 0 Å². The summed E-state index contributed by atoms with van der Waals surface area (Å²) in [6, 6.07) is 3.36. The predicted molar refractivity (Wildman–Crippen MR) is 77.7 cm³/mol. The fourth-order valence-corrected chi connectivity index (χ4v) is 3.74. The van der Waals surface area contributed by atoms with E-state index in [0.29, 0.717) is 25.2 Å². The highest BCUT2D eigenvalue weighted by atomic mass is 19.2. The van der Waals surface area contributed by atoms with Gasteiger partial charge >= 0.3 is 5.97 Å². The maximum atomic E-state index is 13.2. The summed E-state index contributed by atoms with van der Waals surface area (Å²) in [4.78, 5) is 27.6. The van der Waals surface area contributed by atoms with Crippen molar-refractivity contribution in [2.45, 2.75) is 6.42 Å². The second-order valence-corrected chi connectivity index (χ2v) is 6.55. The molecule has 2 atom stereocenters. The third-order valence-electron chi connectivity index (χ3n) is 4.90. The molecule has 3 rings (SSSR count). The molecule has 7 heteroatoms. The number of hydrogen-bond acceptors (Lipinski definition) is 3. The first-order valence-corrected chi connectivity index (χ1v) is 7.45. The summed E-state index contributed by atoms with van der Waals surface area (Å²) in [6.45, 7) is 1.61. The van der Waals surface area contributed by atoms with E-state index < -0.39 is 23.0 Å². The number of carbonyl (C=O) groups is 2. The van der Waals surface area contributed by atoms with Gasteiger partial charge < -0.3 is 14.9 Å². The summed E-state index contributed by atoms with van der Waals surface area (Å²) in [5.41, 5.74) is -0.536. The fourth-order valence-electron chi connectivity index (χ4n) is 3.74. The van der Waals surface area contributed by atoms with Crippen molar-refractivity contribution in [1.29, 1.82) is 0 Å². The molecule has 0 radical (unpaired) electrons. The minimum Gasteiger partial charge on any atom is -0.481 e. The molecule has 0 spiro atoms. The molecule has 0 saturated carbocycles. The molecule has 1 amide bonds. The van der Waals surface area contributed by atoms with E-state index in [9.17, 15) is 23.5 Å². The summed E-state index contributed by atoms with van der Waals surface area (Å²) >= 11 is 0. The number of amides is 1. The maximum Gasteiger partial charge on any atom is 0.313 e. The van der Waals surface area contributed by atoms with Gasteiger partial charge in [0.25, 0.3) is 0 Å². The lowest BCUT2D eigenvalue weighted by Gasteiger charge is -2.24. The van der Waals surface area contributed by atoms with Gasteiger partial charge in [-0.3, -0.25) is 9.59 Å². The number of likely N-dealkylation sites (tertiary alicyclic amines) is 2. The van der Waals surface area contributed by atoms with Crippen molar-refractivity contribution in [2.24, 2.45) is 11.3 Å². The van der Waals surface area contributed by atoms with Crippen LogP contribution in [-0.4, -0.2) is 60.0 Å². The molecule has 2 aliphatic rings. The van der Waals surface area contributed by atoms with Crippen LogP contribution in [0.25, 0.3) is 0 Å². The molecule has 2 heterocycles. The van der Waals surface area contributed by atoms with Crippen molar-refractivity contribution in [3.8, 4) is 0 Å². The molecule has 2 aliphatic heterocycles. The molecular formula is C16H18F2N2O3. The number of fused-ring (bicyclic) bond motifs is 1. The summed E-state index contributed by atoms with van der Waals surface area (Å²) in [6.07, 6.45) is -0.0601. The first-order valence-electron chi connectivity index (χ1n) is 7.45. The Bertz CT molecular complexity index is 667. The van der Waals surface area contributed by atoms with Crippen LogP contribution in [0, 0.1) is 23.0 Å². The van der Waals surface area contributed by atoms with Crippen LogP contribution >= 0.6 is 0 Å². The van der Waals surface area contributed by atoms with Crippen LogP contribution in [-0.2, 0) is 16.0 Å². The lowest BCUT2D eigenvalue weighted by atomic mass is 9.81. The highest BCUT2D eigenvalue weighted by molar-refractivity contribution is 5.83. The Balaban J connectivity index is 1.72. The Labute approximate surface area is 132 Å². The highest BCUT2D eigenvalue weighted by Gasteiger charge is 2.57. The Hall–Kier alpha value is -2.02. The number of halogens is 2. The zero-order valence-corrected chi connectivity index (χ0v) is 12.8. The number of aliphatic carboxylic acids is 1. The van der Waals surface area contributed by atoms with Crippen LogP contribution in [0.1, 0.15) is 5.56 Å². The molecule has 1 aromatic carbocycles. The Morgan fingerprint density at radius 3 is 2.61 bits per heavy atom. The molecule has 2 saturated heterocycles. The molecule has 0 unspecified atom stereocenters. The fraction of sp³-hybridized carbons (Fsp3) is 0.500. The van der Waals surface area contributed by atoms with Gasteiger partial charge in [0.2, 0.25) is 5.91 Å². The zero-order chi connectivity index (χ0) is 16.8. The molecule has 0 bridgehead atoms. The monoisotopic (exact) mass is 324 g/mol. The van der Waals surface area contributed by atoms with Crippen LogP contribution < -0.4 is 0 Å². The largest absolute Gasteiger partial charge is 0.481 e. The zero-order valence-electron chi connectivity index (χ0n) is 12.8. The lowest BCUT2D eigenvalue weighted by molar-refractivity contribution is -0.149. The number of hydrogen-bond donors (Lipinski definition) is 1. The third kappa shape index (κ3) is 2.69. The van der Waals surface area contributed by atoms with E-state index in [-0.39, 0.29) is 24.8 Å². The van der Waals surface area contributed by atoms with E-state index in [1.54, 1.807) is 0 Å². The predicted octanol–water partition coefficient (Wildman–Crippen LogP) is 0.982. The average molecular weight is 324 g/mol. The minimum atomic E-state index is -0.989. The summed E-state index contributed by atoms with van der Waals surface area (Å²) in [5, 5.41) is 9.59. The van der Waals surface area contributed by atoms with E-state index in [1.165, 1.54) is 11.0 Å². The van der Waals surface area contributed by atoms with Crippen molar-refractivity contribution in [1.82, 2.24) is 9.80 Å². The first-order chi connectivity index (χ1) is 10.8. The molecule has 0 aliphatic carbocycles. The van der Waals surface area contributed by atoms with Crippen LogP contribution in [0.2, 0.25) is 0 Å². The van der Waals surface area contributed by atoms with E-state index >= 15 is 0 Å². The van der Waals surface area contributed by atoms with Crippen molar-refractivity contribution in [3.63, 3.8) is 0 Å². The SMILES string of the molecule is CN1C[C@H]2CN(C(=O)Cc3ccc(F)c(F)c3)C[C@@]2(C(=O)O)C1. The number of carbonyl (C=O) groups excluding carboxylic acids is 1. The Morgan fingerprint density at radius 2 is 2.00 bits per heavy atom. The third-order valence-corrected chi connectivity index (χ3v) is 4.90. The number of carboxylic acids is 1. The van der Waals surface area contributed by atoms with E-state index in [4.69, 9.17) is 0 Å². The van der Waals surface area contributed by atoms with Gasteiger partial charge in [0.05, 0.1) is 6.42 Å². The van der Waals surface area contributed by atoms with E-state index in [2.05, 4.69) is 0 Å². The normalized spacial score (nSPS) is 27.3. The Morgan fingerprint density at radius 1 is 1.26 bits per heavy atom. The van der Waals surface area contributed by atoms with Crippen molar-refractivity contribution in [2.75, 3.05) is 33.2 Å². The van der Waals surface area contributed by atoms with E-state index in [0.717, 1.165) is 12.1 Å². The summed E-state index contributed by atoms with van der Waals surface area (Å²) < 4.78 is 26.2. The quantitative estimate of drug-likeness (QED) is 0.900. The average Bonchev–Trinajstić information content (AvgIpc) is 2.96. The smallest absolute Gasteiger partial charge is 0.313 e. The molecule has 1 N–H and O–H groups in total. The van der Waals surface area contributed by atoms with Gasteiger partial charge in [0, 0.05) is 32.1 Å². The standard InChI is InChI=1S/C16H18F2N2O3/c1-19-6-11-7-20(9-16(11,8-19)15(22)23)14(21)5-10-2-3-12(17)13(18)4-10/h2-4,11H,5-9H2,1H3,(H,22,23)/t11-,16-/m0/s1. The van der Waals surface area contributed by atoms with Crippen molar-refractivity contribution in [3.05, 3.63) is 35.4 Å². The van der Waals surface area contributed by atoms with Gasteiger partial charge in [0.1, 0.15) is 5.41 Å². The van der Waals surface area contributed by atoms with Crippen LogP contribution in [0.15, 0.2) is 18.2 Å². The molecular weight excluding hydrogens is 306 g/mol. The Kier molecular flexibility index (Phi) is 3.83. The number of benzene rings is 1. The van der Waals surface area contributed by atoms with Crippen LogP contribution in [0.4, 0.5) is 8.78 Å². The number of nitrogens with zero attached hydrogens (tertiary/aromatic N) is 2. The molecule has 124 valence electrons. The van der Waals surface area contributed by atoms with Gasteiger partial charge in [0.15, 0.2) is 11.6 Å². The topological polar surface area (TPSA) is 60.9 Å².